The van der Waals surface area contributed by atoms with Crippen molar-refractivity contribution in [3.05, 3.63) is 94.0 Å². The van der Waals surface area contributed by atoms with Crippen molar-refractivity contribution in [1.29, 1.82) is 0 Å². The van der Waals surface area contributed by atoms with Crippen molar-refractivity contribution < 1.29 is 29.2 Å². The molecule has 8 nitrogen and oxygen atoms in total. The van der Waals surface area contributed by atoms with Crippen molar-refractivity contribution in [3.63, 3.8) is 0 Å². The molecule has 0 amide bonds. The molecular formula is C38H44N2O6. The zero-order valence-corrected chi connectivity index (χ0v) is 27.6. The summed E-state index contributed by atoms with van der Waals surface area (Å²) in [6.45, 7) is 1.86. The molecule has 2 N–H and O–H groups in total. The molecule has 0 radical (unpaired) electrons. The average molecular weight is 625 g/mol. The Morgan fingerprint density at radius 1 is 0.565 bits per heavy atom. The molecule has 0 spiro atoms. The van der Waals surface area contributed by atoms with E-state index in [1.54, 1.807) is 40.6 Å². The van der Waals surface area contributed by atoms with E-state index < -0.39 is 0 Å². The van der Waals surface area contributed by atoms with Crippen LogP contribution in [0.2, 0.25) is 0 Å². The van der Waals surface area contributed by atoms with Crippen molar-refractivity contribution in [2.24, 2.45) is 0 Å². The van der Waals surface area contributed by atoms with Crippen LogP contribution in [-0.2, 0) is 25.7 Å². The molecule has 4 aromatic rings. The van der Waals surface area contributed by atoms with Gasteiger partial charge in [0.25, 0.3) is 0 Å². The number of aromatic hydroxyl groups is 2. The first-order valence-corrected chi connectivity index (χ1v) is 15.8. The predicted molar refractivity (Wildman–Crippen MR) is 180 cm³/mol. The Kier molecular flexibility index (Phi) is 9.02. The molecule has 4 aromatic carbocycles. The van der Waals surface area contributed by atoms with Gasteiger partial charge in [-0.2, -0.15) is 0 Å². The summed E-state index contributed by atoms with van der Waals surface area (Å²) >= 11 is 0. The fourth-order valence-corrected chi connectivity index (χ4v) is 7.14. The normalized spacial score (nSPS) is 18.0. The van der Waals surface area contributed by atoms with Gasteiger partial charge in [-0.1, -0.05) is 12.1 Å². The minimum absolute atomic E-state index is 0.124. The van der Waals surface area contributed by atoms with Crippen LogP contribution in [-0.4, -0.2) is 75.6 Å². The largest absolute Gasteiger partial charge is 0.507 e. The molecule has 0 saturated carbocycles. The predicted octanol–water partition coefficient (Wildman–Crippen LogP) is 6.34. The molecular weight excluding hydrogens is 580 g/mol. The van der Waals surface area contributed by atoms with Crippen LogP contribution in [0.1, 0.15) is 45.5 Å². The molecule has 2 atom stereocenters. The number of ether oxygens (including phenoxy) is 4. The second-order valence-corrected chi connectivity index (χ2v) is 12.4. The number of methoxy groups -OCH3 is 4. The van der Waals surface area contributed by atoms with Crippen molar-refractivity contribution in [2.45, 2.75) is 37.8 Å². The lowest BCUT2D eigenvalue weighted by Crippen LogP contribution is -2.33. The molecule has 0 saturated heterocycles. The van der Waals surface area contributed by atoms with E-state index in [0.29, 0.717) is 11.1 Å². The molecule has 242 valence electrons. The van der Waals surface area contributed by atoms with Gasteiger partial charge in [-0.05, 0) is 122 Å². The summed E-state index contributed by atoms with van der Waals surface area (Å²) in [5.41, 5.74) is 8.33. The number of phenols is 2. The first kappa shape index (κ1) is 31.6. The molecule has 0 fully saturated rings. The fourth-order valence-electron chi connectivity index (χ4n) is 7.14. The lowest BCUT2D eigenvalue weighted by atomic mass is 9.87. The molecule has 2 aliphatic rings. The summed E-state index contributed by atoms with van der Waals surface area (Å²) in [7, 11) is 11.0. The Hall–Kier alpha value is -4.40. The van der Waals surface area contributed by atoms with Gasteiger partial charge in [0.05, 0.1) is 28.4 Å². The van der Waals surface area contributed by atoms with Gasteiger partial charge in [-0.15, -0.1) is 0 Å². The highest BCUT2D eigenvalue weighted by Crippen LogP contribution is 2.43. The van der Waals surface area contributed by atoms with E-state index in [-0.39, 0.29) is 23.6 Å². The van der Waals surface area contributed by atoms with Crippen LogP contribution in [0.15, 0.2) is 60.7 Å². The van der Waals surface area contributed by atoms with E-state index in [4.69, 9.17) is 18.9 Å². The van der Waals surface area contributed by atoms with Gasteiger partial charge in [0, 0.05) is 36.3 Å². The van der Waals surface area contributed by atoms with Crippen molar-refractivity contribution in [2.75, 3.05) is 55.6 Å². The summed E-state index contributed by atoms with van der Waals surface area (Å²) in [4.78, 5) is 4.73. The zero-order valence-electron chi connectivity index (χ0n) is 27.6. The molecule has 0 aliphatic carbocycles. The van der Waals surface area contributed by atoms with E-state index in [0.717, 1.165) is 72.9 Å². The lowest BCUT2D eigenvalue weighted by Gasteiger charge is -2.35. The van der Waals surface area contributed by atoms with Gasteiger partial charge < -0.3 is 29.2 Å². The Balaban J connectivity index is 1.31. The third-order valence-electron chi connectivity index (χ3n) is 9.81. The van der Waals surface area contributed by atoms with Crippen LogP contribution in [0.25, 0.3) is 11.1 Å². The number of likely N-dealkylation sites (N-methyl/N-ethyl adjacent to an activating group) is 2. The van der Waals surface area contributed by atoms with Gasteiger partial charge >= 0.3 is 0 Å². The van der Waals surface area contributed by atoms with Crippen LogP contribution in [0.5, 0.6) is 34.5 Å². The Morgan fingerprint density at radius 3 is 1.30 bits per heavy atom. The van der Waals surface area contributed by atoms with Gasteiger partial charge in [-0.3, -0.25) is 9.80 Å². The van der Waals surface area contributed by atoms with Gasteiger partial charge in [0.2, 0.25) is 0 Å². The summed E-state index contributed by atoms with van der Waals surface area (Å²) in [5, 5.41) is 22.1. The summed E-state index contributed by atoms with van der Waals surface area (Å²) in [6, 6.07) is 20.1. The van der Waals surface area contributed by atoms with E-state index >= 15 is 0 Å². The standard InChI is InChI=1S/C38H44N2O6/c1-39-13-11-25-19-35(43-3)37(45-5)21-27(25)31(39)17-23-7-9-33(41)29(15-23)30-16-24(8-10-34(30)42)18-32-28-22-38(46-6)36(44-4)20-26(28)12-14-40(32)2/h7-10,15-16,19-22,31-32,41-42H,11-14,17-18H2,1-6H3. The maximum Gasteiger partial charge on any atom is 0.161 e. The molecule has 6 rings (SSSR count). The summed E-state index contributed by atoms with van der Waals surface area (Å²) in [6.07, 6.45) is 3.35. The Morgan fingerprint density at radius 2 is 0.935 bits per heavy atom. The minimum atomic E-state index is 0.124. The third kappa shape index (κ3) is 5.95. The highest BCUT2D eigenvalue weighted by molar-refractivity contribution is 5.76. The minimum Gasteiger partial charge on any atom is -0.507 e. The molecule has 0 bridgehead atoms. The number of rotatable bonds is 9. The van der Waals surface area contributed by atoms with Crippen LogP contribution in [0.3, 0.4) is 0 Å². The number of benzene rings is 4. The molecule has 2 unspecified atom stereocenters. The van der Waals surface area contributed by atoms with Crippen LogP contribution >= 0.6 is 0 Å². The van der Waals surface area contributed by atoms with E-state index in [9.17, 15) is 10.2 Å². The van der Waals surface area contributed by atoms with Gasteiger partial charge in [-0.25, -0.2) is 0 Å². The van der Waals surface area contributed by atoms with Crippen molar-refractivity contribution >= 4 is 0 Å². The summed E-state index contributed by atoms with van der Waals surface area (Å²) < 4.78 is 22.4. The monoisotopic (exact) mass is 624 g/mol. The molecule has 46 heavy (non-hydrogen) atoms. The second-order valence-electron chi connectivity index (χ2n) is 12.4. The van der Waals surface area contributed by atoms with E-state index in [2.05, 4.69) is 48.2 Å². The van der Waals surface area contributed by atoms with Crippen molar-refractivity contribution in [3.8, 4) is 45.6 Å². The number of hydrogen-bond acceptors (Lipinski definition) is 8. The highest BCUT2D eigenvalue weighted by atomic mass is 16.5. The third-order valence-corrected chi connectivity index (χ3v) is 9.81. The SMILES string of the molecule is COc1cc2c(cc1OC)C(Cc1ccc(O)c(-c3cc(CC4c5cc(OC)c(OC)cc5CCN4C)ccc3O)c1)N(C)CC2. The highest BCUT2D eigenvalue weighted by Gasteiger charge is 2.29. The maximum absolute atomic E-state index is 11.1. The van der Waals surface area contributed by atoms with Crippen LogP contribution in [0, 0.1) is 0 Å². The van der Waals surface area contributed by atoms with E-state index in [1.165, 1.54) is 22.3 Å². The number of nitrogens with zero attached hydrogens (tertiary/aromatic N) is 2. The zero-order chi connectivity index (χ0) is 32.5. The smallest absolute Gasteiger partial charge is 0.161 e. The van der Waals surface area contributed by atoms with Crippen molar-refractivity contribution in [1.82, 2.24) is 9.80 Å². The summed E-state index contributed by atoms with van der Waals surface area (Å²) in [5.74, 6) is 3.20. The topological polar surface area (TPSA) is 83.9 Å². The lowest BCUT2D eigenvalue weighted by molar-refractivity contribution is 0.228. The van der Waals surface area contributed by atoms with E-state index in [1.807, 2.05) is 24.3 Å². The molecule has 8 heteroatoms. The molecule has 0 aromatic heterocycles. The fraction of sp³-hybridized carbons (Fsp3) is 0.368. The maximum atomic E-state index is 11.1. The second kappa shape index (κ2) is 13.1. The van der Waals surface area contributed by atoms with Crippen LogP contribution in [0.4, 0.5) is 0 Å². The quantitative estimate of drug-likeness (QED) is 0.223. The first-order chi connectivity index (χ1) is 22.2. The first-order valence-electron chi connectivity index (χ1n) is 15.8. The molecule has 2 aliphatic heterocycles. The number of fused-ring (bicyclic) bond motifs is 2. The Labute approximate surface area is 271 Å². The van der Waals surface area contributed by atoms with Gasteiger partial charge in [0.15, 0.2) is 23.0 Å². The number of hydrogen-bond donors (Lipinski definition) is 2. The average Bonchev–Trinajstić information content (AvgIpc) is 3.07. The number of phenolic OH excluding ortho intramolecular Hbond substituents is 2. The van der Waals surface area contributed by atoms with Gasteiger partial charge in [0.1, 0.15) is 11.5 Å². The van der Waals surface area contributed by atoms with Crippen LogP contribution < -0.4 is 18.9 Å². The molecule has 2 heterocycles. The Bertz CT molecular complexity index is 1610.